The summed E-state index contributed by atoms with van der Waals surface area (Å²) in [5.41, 5.74) is 2.05. The molecule has 4 heteroatoms. The predicted octanol–water partition coefficient (Wildman–Crippen LogP) is 4.80. The zero-order valence-electron chi connectivity index (χ0n) is 16.4. The first-order valence-corrected chi connectivity index (χ1v) is 9.45. The second-order valence-corrected chi connectivity index (χ2v) is 7.18. The van der Waals surface area contributed by atoms with Crippen LogP contribution in [0, 0.1) is 5.92 Å². The first-order valence-electron chi connectivity index (χ1n) is 9.45. The van der Waals surface area contributed by atoms with Gasteiger partial charge in [0.1, 0.15) is 5.75 Å². The molecule has 1 heterocycles. The van der Waals surface area contributed by atoms with Gasteiger partial charge in [0.15, 0.2) is 0 Å². The molecule has 0 bridgehead atoms. The van der Waals surface area contributed by atoms with Crippen molar-refractivity contribution in [3.63, 3.8) is 0 Å². The van der Waals surface area contributed by atoms with Gasteiger partial charge in [-0.3, -0.25) is 4.98 Å². The predicted molar refractivity (Wildman–Crippen MR) is 108 cm³/mol. The highest BCUT2D eigenvalue weighted by molar-refractivity contribution is 5.91. The third-order valence-electron chi connectivity index (χ3n) is 4.67. The normalized spacial score (nSPS) is 12.8. The van der Waals surface area contributed by atoms with Gasteiger partial charge in [-0.1, -0.05) is 26.8 Å². The summed E-state index contributed by atoms with van der Waals surface area (Å²) in [5, 5.41) is 4.66. The number of benzene rings is 1. The zero-order valence-corrected chi connectivity index (χ0v) is 16.4. The molecule has 1 unspecified atom stereocenters. The van der Waals surface area contributed by atoms with Gasteiger partial charge in [0, 0.05) is 43.3 Å². The summed E-state index contributed by atoms with van der Waals surface area (Å²) in [7, 11) is 1.71. The topological polar surface area (TPSA) is 37.4 Å². The molecule has 0 aliphatic rings. The van der Waals surface area contributed by atoms with Crippen molar-refractivity contribution >= 4 is 16.6 Å². The van der Waals surface area contributed by atoms with Crippen LogP contribution in [0.2, 0.25) is 0 Å². The van der Waals surface area contributed by atoms with E-state index < -0.39 is 0 Å². The van der Waals surface area contributed by atoms with Gasteiger partial charge in [0.05, 0.1) is 18.3 Å². The van der Waals surface area contributed by atoms with Crippen LogP contribution in [-0.4, -0.2) is 42.7 Å². The molecule has 0 saturated heterocycles. The lowest BCUT2D eigenvalue weighted by Crippen LogP contribution is -2.37. The van der Waals surface area contributed by atoms with Crippen molar-refractivity contribution in [1.82, 2.24) is 9.88 Å². The summed E-state index contributed by atoms with van der Waals surface area (Å²) in [4.78, 5) is 7.13. The van der Waals surface area contributed by atoms with Crippen LogP contribution in [0.5, 0.6) is 5.75 Å². The van der Waals surface area contributed by atoms with Gasteiger partial charge in [0.25, 0.3) is 0 Å². The number of ether oxygens (including phenoxy) is 1. The molecule has 2 rings (SSSR count). The van der Waals surface area contributed by atoms with Gasteiger partial charge in [-0.15, -0.1) is 0 Å². The highest BCUT2D eigenvalue weighted by atomic mass is 16.5. The van der Waals surface area contributed by atoms with Crippen molar-refractivity contribution in [2.45, 2.75) is 46.6 Å². The third kappa shape index (κ3) is 5.60. The molecule has 1 aromatic carbocycles. The van der Waals surface area contributed by atoms with E-state index in [1.807, 2.05) is 24.4 Å². The van der Waals surface area contributed by atoms with E-state index in [0.717, 1.165) is 41.9 Å². The largest absolute Gasteiger partial charge is 0.497 e. The maximum absolute atomic E-state index is 5.42. The number of fused-ring (bicyclic) bond motifs is 1. The molecule has 0 amide bonds. The lowest BCUT2D eigenvalue weighted by atomic mass is 10.1. The molecule has 4 nitrogen and oxygen atoms in total. The number of aromatic nitrogens is 1. The molecule has 0 radical (unpaired) electrons. The van der Waals surface area contributed by atoms with Crippen molar-refractivity contribution in [2.24, 2.45) is 5.92 Å². The first-order chi connectivity index (χ1) is 12.0. The molecule has 138 valence electrons. The van der Waals surface area contributed by atoms with E-state index in [9.17, 15) is 0 Å². The molecule has 0 aliphatic heterocycles. The highest BCUT2D eigenvalue weighted by Gasteiger charge is 2.13. The van der Waals surface area contributed by atoms with Crippen LogP contribution in [0.4, 0.5) is 5.69 Å². The van der Waals surface area contributed by atoms with Crippen molar-refractivity contribution in [3.8, 4) is 5.75 Å². The van der Waals surface area contributed by atoms with E-state index in [-0.39, 0.29) is 0 Å². The highest BCUT2D eigenvalue weighted by Crippen LogP contribution is 2.27. The SMILES string of the molecule is CCC(C)N(CCCNc1cc(OC)cc2cccnc12)CC(C)C. The molecule has 1 aromatic heterocycles. The van der Waals surface area contributed by atoms with Crippen LogP contribution in [0.25, 0.3) is 10.9 Å². The minimum absolute atomic E-state index is 0.640. The second-order valence-electron chi connectivity index (χ2n) is 7.18. The summed E-state index contributed by atoms with van der Waals surface area (Å²) in [5.74, 6) is 1.57. The third-order valence-corrected chi connectivity index (χ3v) is 4.67. The van der Waals surface area contributed by atoms with Crippen molar-refractivity contribution in [1.29, 1.82) is 0 Å². The van der Waals surface area contributed by atoms with Gasteiger partial charge < -0.3 is 15.0 Å². The molecular formula is C21H33N3O. The Kier molecular flexibility index (Phi) is 7.51. The Labute approximate surface area is 152 Å². The molecule has 0 spiro atoms. The maximum Gasteiger partial charge on any atom is 0.121 e. The van der Waals surface area contributed by atoms with E-state index >= 15 is 0 Å². The second kappa shape index (κ2) is 9.62. The molecule has 0 aliphatic carbocycles. The maximum atomic E-state index is 5.42. The van der Waals surface area contributed by atoms with Gasteiger partial charge in [-0.2, -0.15) is 0 Å². The number of nitrogens with zero attached hydrogens (tertiary/aromatic N) is 2. The van der Waals surface area contributed by atoms with Crippen LogP contribution >= 0.6 is 0 Å². The van der Waals surface area contributed by atoms with Crippen LogP contribution < -0.4 is 10.1 Å². The lowest BCUT2D eigenvalue weighted by molar-refractivity contribution is 0.181. The van der Waals surface area contributed by atoms with E-state index in [0.29, 0.717) is 12.0 Å². The summed E-state index contributed by atoms with van der Waals surface area (Å²) in [6.45, 7) is 12.4. The monoisotopic (exact) mass is 343 g/mol. The summed E-state index contributed by atoms with van der Waals surface area (Å²) in [6.07, 6.45) is 4.15. The first kappa shape index (κ1) is 19.5. The molecule has 0 saturated carbocycles. The Balaban J connectivity index is 1.98. The van der Waals surface area contributed by atoms with Crippen molar-refractivity contribution < 1.29 is 4.74 Å². The Hall–Kier alpha value is -1.81. The van der Waals surface area contributed by atoms with E-state index in [4.69, 9.17) is 4.74 Å². The quantitative estimate of drug-likeness (QED) is 0.629. The van der Waals surface area contributed by atoms with Crippen LogP contribution in [0.15, 0.2) is 30.5 Å². The fourth-order valence-corrected chi connectivity index (χ4v) is 3.14. The van der Waals surface area contributed by atoms with E-state index in [1.165, 1.54) is 13.0 Å². The smallest absolute Gasteiger partial charge is 0.121 e. The Bertz CT molecular complexity index is 657. The van der Waals surface area contributed by atoms with Crippen LogP contribution in [-0.2, 0) is 0 Å². The fourth-order valence-electron chi connectivity index (χ4n) is 3.14. The summed E-state index contributed by atoms with van der Waals surface area (Å²) < 4.78 is 5.42. The number of hydrogen-bond acceptors (Lipinski definition) is 4. The van der Waals surface area contributed by atoms with E-state index in [2.05, 4.69) is 49.0 Å². The molecule has 25 heavy (non-hydrogen) atoms. The van der Waals surface area contributed by atoms with Crippen LogP contribution in [0.3, 0.4) is 0 Å². The van der Waals surface area contributed by atoms with Crippen molar-refractivity contribution in [3.05, 3.63) is 30.5 Å². The Morgan fingerprint density at radius 2 is 2.04 bits per heavy atom. The molecule has 0 fully saturated rings. The standard InChI is InChI=1S/C21H33N3O/c1-6-17(4)24(15-16(2)3)12-8-11-22-20-14-19(25-5)13-18-9-7-10-23-21(18)20/h7,9-10,13-14,16-17,22H,6,8,11-12,15H2,1-5H3. The van der Waals surface area contributed by atoms with Gasteiger partial charge >= 0.3 is 0 Å². The Morgan fingerprint density at radius 1 is 1.24 bits per heavy atom. The number of hydrogen-bond donors (Lipinski definition) is 1. The van der Waals surface area contributed by atoms with Crippen LogP contribution in [0.1, 0.15) is 40.5 Å². The molecule has 1 atom stereocenters. The number of rotatable bonds is 10. The fraction of sp³-hybridized carbons (Fsp3) is 0.571. The molecule has 2 aromatic rings. The molecule has 1 N–H and O–H groups in total. The van der Waals surface area contributed by atoms with Gasteiger partial charge in [-0.05, 0) is 37.8 Å². The summed E-state index contributed by atoms with van der Waals surface area (Å²) >= 11 is 0. The number of anilines is 1. The van der Waals surface area contributed by atoms with Gasteiger partial charge in [-0.25, -0.2) is 0 Å². The number of pyridine rings is 1. The minimum Gasteiger partial charge on any atom is -0.497 e. The van der Waals surface area contributed by atoms with Gasteiger partial charge in [0.2, 0.25) is 0 Å². The zero-order chi connectivity index (χ0) is 18.2. The minimum atomic E-state index is 0.640. The molecular weight excluding hydrogens is 310 g/mol. The number of nitrogens with one attached hydrogen (secondary N) is 1. The van der Waals surface area contributed by atoms with Crippen molar-refractivity contribution in [2.75, 3.05) is 32.1 Å². The van der Waals surface area contributed by atoms with E-state index in [1.54, 1.807) is 7.11 Å². The average Bonchev–Trinajstić information content (AvgIpc) is 2.62. The number of methoxy groups -OCH3 is 1. The lowest BCUT2D eigenvalue weighted by Gasteiger charge is -2.30. The Morgan fingerprint density at radius 3 is 2.72 bits per heavy atom. The average molecular weight is 344 g/mol. The summed E-state index contributed by atoms with van der Waals surface area (Å²) in [6, 6.07) is 8.74.